The van der Waals surface area contributed by atoms with Gasteiger partial charge < -0.3 is 9.84 Å². The molecule has 0 radical (unpaired) electrons. The molecule has 4 heteroatoms. The largest absolute Gasteiger partial charge is 0.458 e. The van der Waals surface area contributed by atoms with Crippen LogP contribution in [-0.2, 0) is 16.1 Å². The number of carbonyl (C=O) groups is 1. The molecule has 0 aliphatic carbocycles. The molecule has 1 aromatic rings. The van der Waals surface area contributed by atoms with E-state index in [0.717, 1.165) is 6.54 Å². The lowest BCUT2D eigenvalue weighted by atomic mass is 10.1. The van der Waals surface area contributed by atoms with Gasteiger partial charge in [-0.25, -0.2) is 0 Å². The van der Waals surface area contributed by atoms with Crippen molar-refractivity contribution in [3.8, 4) is 0 Å². The van der Waals surface area contributed by atoms with E-state index in [9.17, 15) is 9.90 Å². The van der Waals surface area contributed by atoms with E-state index in [1.165, 1.54) is 5.56 Å². The van der Waals surface area contributed by atoms with Crippen LogP contribution in [0.15, 0.2) is 30.3 Å². The first-order valence-corrected chi connectivity index (χ1v) is 5.89. The second-order valence-electron chi connectivity index (χ2n) is 4.71. The Kier molecular flexibility index (Phi) is 2.61. The van der Waals surface area contributed by atoms with Crippen LogP contribution in [0, 0.1) is 0 Å². The van der Waals surface area contributed by atoms with E-state index in [0.29, 0.717) is 13.0 Å². The number of esters is 1. The number of ether oxygens (including phenoxy) is 1. The first-order chi connectivity index (χ1) is 8.24. The van der Waals surface area contributed by atoms with E-state index < -0.39 is 6.10 Å². The monoisotopic (exact) mass is 233 g/mol. The highest BCUT2D eigenvalue weighted by Gasteiger charge is 2.48. The van der Waals surface area contributed by atoms with Crippen LogP contribution in [0.25, 0.3) is 0 Å². The molecule has 0 amide bonds. The predicted octanol–water partition coefficient (Wildman–Crippen LogP) is 0.547. The van der Waals surface area contributed by atoms with Gasteiger partial charge in [-0.3, -0.25) is 9.69 Å². The maximum atomic E-state index is 11.2. The molecule has 2 fully saturated rings. The van der Waals surface area contributed by atoms with Crippen molar-refractivity contribution >= 4 is 5.97 Å². The van der Waals surface area contributed by atoms with E-state index >= 15 is 0 Å². The van der Waals surface area contributed by atoms with Crippen LogP contribution in [-0.4, -0.2) is 40.8 Å². The SMILES string of the molecule is O=C1CC2[C@H](O1)[C@H](O)CN2Cc1ccccc1. The molecule has 3 rings (SSSR count). The summed E-state index contributed by atoms with van der Waals surface area (Å²) in [4.78, 5) is 13.4. The number of β-amino-alcohol motifs (C(OH)–C–C–N with tert-alkyl or cyclic N) is 1. The molecule has 1 N–H and O–H groups in total. The van der Waals surface area contributed by atoms with Gasteiger partial charge >= 0.3 is 5.97 Å². The third-order valence-corrected chi connectivity index (χ3v) is 3.52. The van der Waals surface area contributed by atoms with Crippen LogP contribution < -0.4 is 0 Å². The van der Waals surface area contributed by atoms with Crippen molar-refractivity contribution in [1.82, 2.24) is 4.90 Å². The second-order valence-corrected chi connectivity index (χ2v) is 4.71. The summed E-state index contributed by atoms with van der Waals surface area (Å²) in [6, 6.07) is 10.1. The molecule has 3 atom stereocenters. The molecule has 2 aliphatic heterocycles. The number of nitrogens with zero attached hydrogens (tertiary/aromatic N) is 1. The summed E-state index contributed by atoms with van der Waals surface area (Å²) in [5.41, 5.74) is 1.19. The lowest BCUT2D eigenvalue weighted by molar-refractivity contribution is -0.144. The van der Waals surface area contributed by atoms with Crippen molar-refractivity contribution < 1.29 is 14.6 Å². The molecule has 2 heterocycles. The summed E-state index contributed by atoms with van der Waals surface area (Å²) < 4.78 is 5.13. The first-order valence-electron chi connectivity index (χ1n) is 5.89. The third-order valence-electron chi connectivity index (χ3n) is 3.52. The maximum absolute atomic E-state index is 11.2. The number of aliphatic hydroxyl groups excluding tert-OH is 1. The fourth-order valence-corrected chi connectivity index (χ4v) is 2.72. The van der Waals surface area contributed by atoms with Crippen molar-refractivity contribution in [3.63, 3.8) is 0 Å². The average Bonchev–Trinajstić information content (AvgIpc) is 2.82. The van der Waals surface area contributed by atoms with Gasteiger partial charge in [-0.05, 0) is 5.56 Å². The number of benzene rings is 1. The van der Waals surface area contributed by atoms with Crippen LogP contribution in [0.1, 0.15) is 12.0 Å². The number of fused-ring (bicyclic) bond motifs is 1. The van der Waals surface area contributed by atoms with Crippen molar-refractivity contribution in [3.05, 3.63) is 35.9 Å². The van der Waals surface area contributed by atoms with Crippen LogP contribution in [0.3, 0.4) is 0 Å². The quantitative estimate of drug-likeness (QED) is 0.758. The van der Waals surface area contributed by atoms with Crippen molar-refractivity contribution in [1.29, 1.82) is 0 Å². The summed E-state index contributed by atoms with van der Waals surface area (Å²) in [5, 5.41) is 9.85. The van der Waals surface area contributed by atoms with E-state index in [2.05, 4.69) is 17.0 Å². The maximum Gasteiger partial charge on any atom is 0.307 e. The molecule has 0 aromatic heterocycles. The Hall–Kier alpha value is -1.39. The van der Waals surface area contributed by atoms with E-state index in [1.54, 1.807) is 0 Å². The van der Waals surface area contributed by atoms with Crippen LogP contribution in [0.2, 0.25) is 0 Å². The Labute approximate surface area is 99.8 Å². The molecule has 90 valence electrons. The zero-order valence-corrected chi connectivity index (χ0v) is 9.45. The van der Waals surface area contributed by atoms with Gasteiger partial charge in [0.1, 0.15) is 12.2 Å². The van der Waals surface area contributed by atoms with E-state index in [1.807, 2.05) is 18.2 Å². The average molecular weight is 233 g/mol. The smallest absolute Gasteiger partial charge is 0.307 e. The summed E-state index contributed by atoms with van der Waals surface area (Å²) in [6.45, 7) is 1.34. The molecule has 2 aliphatic rings. The van der Waals surface area contributed by atoms with Gasteiger partial charge in [0.15, 0.2) is 0 Å². The molecule has 1 unspecified atom stereocenters. The molecule has 0 spiro atoms. The van der Waals surface area contributed by atoms with Crippen molar-refractivity contribution in [2.24, 2.45) is 0 Å². The zero-order valence-electron chi connectivity index (χ0n) is 9.45. The van der Waals surface area contributed by atoms with Crippen molar-refractivity contribution in [2.45, 2.75) is 31.2 Å². The van der Waals surface area contributed by atoms with Crippen LogP contribution in [0.4, 0.5) is 0 Å². The minimum atomic E-state index is -0.546. The summed E-state index contributed by atoms with van der Waals surface area (Å²) >= 11 is 0. The van der Waals surface area contributed by atoms with Crippen LogP contribution in [0.5, 0.6) is 0 Å². The third kappa shape index (κ3) is 1.94. The zero-order chi connectivity index (χ0) is 11.8. The summed E-state index contributed by atoms with van der Waals surface area (Å²) in [6.07, 6.45) is -0.476. The van der Waals surface area contributed by atoms with Gasteiger partial charge in [-0.15, -0.1) is 0 Å². The van der Waals surface area contributed by atoms with Gasteiger partial charge in [0.25, 0.3) is 0 Å². The van der Waals surface area contributed by atoms with Gasteiger partial charge in [0, 0.05) is 13.1 Å². The topological polar surface area (TPSA) is 49.8 Å². The second kappa shape index (κ2) is 4.13. The standard InChI is InChI=1S/C13H15NO3/c15-11-8-14(7-9-4-2-1-3-5-9)10-6-12(16)17-13(10)11/h1-5,10-11,13,15H,6-8H2/t10?,11-,13+/m1/s1. The lowest BCUT2D eigenvalue weighted by Crippen LogP contribution is -2.31. The fourth-order valence-electron chi connectivity index (χ4n) is 2.72. The number of rotatable bonds is 2. The predicted molar refractivity (Wildman–Crippen MR) is 61.1 cm³/mol. The van der Waals surface area contributed by atoms with E-state index in [4.69, 9.17) is 4.74 Å². The number of aliphatic hydroxyl groups is 1. The van der Waals surface area contributed by atoms with Crippen molar-refractivity contribution in [2.75, 3.05) is 6.54 Å². The Morgan fingerprint density at radius 3 is 2.88 bits per heavy atom. The highest BCUT2D eigenvalue weighted by Crippen LogP contribution is 2.31. The van der Waals surface area contributed by atoms with Crippen LogP contribution >= 0.6 is 0 Å². The minimum Gasteiger partial charge on any atom is -0.458 e. The first kappa shape index (κ1) is 10.7. The normalized spacial score (nSPS) is 32.5. The molecule has 2 saturated heterocycles. The molecular weight excluding hydrogens is 218 g/mol. The summed E-state index contributed by atoms with van der Waals surface area (Å²) in [7, 11) is 0. The highest BCUT2D eigenvalue weighted by atomic mass is 16.6. The minimum absolute atomic E-state index is 0.0395. The molecule has 0 saturated carbocycles. The Morgan fingerprint density at radius 2 is 2.12 bits per heavy atom. The van der Waals surface area contributed by atoms with Gasteiger partial charge in [0.05, 0.1) is 12.5 Å². The molecular formula is C13H15NO3. The molecule has 17 heavy (non-hydrogen) atoms. The van der Waals surface area contributed by atoms with E-state index in [-0.39, 0.29) is 18.1 Å². The van der Waals surface area contributed by atoms with Gasteiger partial charge in [-0.2, -0.15) is 0 Å². The lowest BCUT2D eigenvalue weighted by Gasteiger charge is -2.20. The number of hydrogen-bond acceptors (Lipinski definition) is 4. The fraction of sp³-hybridized carbons (Fsp3) is 0.462. The van der Waals surface area contributed by atoms with Gasteiger partial charge in [0.2, 0.25) is 0 Å². The molecule has 4 nitrogen and oxygen atoms in total. The number of carbonyl (C=O) groups excluding carboxylic acids is 1. The summed E-state index contributed by atoms with van der Waals surface area (Å²) in [5.74, 6) is -0.197. The Bertz CT molecular complexity index is 420. The number of likely N-dealkylation sites (tertiary alicyclic amines) is 1. The highest BCUT2D eigenvalue weighted by molar-refractivity contribution is 5.73. The number of hydrogen-bond donors (Lipinski definition) is 1. The molecule has 1 aromatic carbocycles. The Balaban J connectivity index is 1.74. The molecule has 0 bridgehead atoms. The Morgan fingerprint density at radius 1 is 1.35 bits per heavy atom. The van der Waals surface area contributed by atoms with Gasteiger partial charge in [-0.1, -0.05) is 30.3 Å².